The van der Waals surface area contributed by atoms with Gasteiger partial charge in [-0.3, -0.25) is 15.6 Å². The third-order valence-electron chi connectivity index (χ3n) is 8.82. The molecule has 2 bridgehead atoms. The number of phenolic OH excluding ortho intramolecular Hbond substituents is 1. The minimum Gasteiger partial charge on any atom is -0.507 e. The molecule has 10 nitrogen and oxygen atoms in total. The molecule has 40 heavy (non-hydrogen) atoms. The summed E-state index contributed by atoms with van der Waals surface area (Å²) >= 11 is 0. The molecule has 1 aliphatic carbocycles. The highest BCUT2D eigenvalue weighted by molar-refractivity contribution is 5.72. The molecule has 2 unspecified atom stereocenters. The number of piperazine rings is 1. The van der Waals surface area contributed by atoms with Crippen molar-refractivity contribution in [1.29, 1.82) is 0 Å². The van der Waals surface area contributed by atoms with Crippen LogP contribution in [0.15, 0.2) is 54.3 Å². The van der Waals surface area contributed by atoms with E-state index in [2.05, 4.69) is 20.7 Å². The molecule has 3 aliphatic heterocycles. The van der Waals surface area contributed by atoms with E-state index in [4.69, 9.17) is 20.4 Å². The second-order valence-corrected chi connectivity index (χ2v) is 11.4. The van der Waals surface area contributed by atoms with Gasteiger partial charge in [0.2, 0.25) is 5.95 Å². The number of nitrogens with two attached hydrogens (primary N) is 1. The van der Waals surface area contributed by atoms with Gasteiger partial charge >= 0.3 is 5.97 Å². The van der Waals surface area contributed by atoms with Crippen molar-refractivity contribution in [2.45, 2.75) is 64.0 Å². The van der Waals surface area contributed by atoms with Gasteiger partial charge in [-0.15, -0.1) is 0 Å². The molecule has 3 fully saturated rings. The Balaban J connectivity index is 1.09. The molecular formula is C30H39N7O3. The number of allylic oxidation sites excluding steroid dienone is 1. The van der Waals surface area contributed by atoms with Crippen LogP contribution in [0.25, 0.3) is 5.70 Å². The van der Waals surface area contributed by atoms with Crippen molar-refractivity contribution >= 4 is 17.6 Å². The summed E-state index contributed by atoms with van der Waals surface area (Å²) in [4.78, 5) is 26.4. The van der Waals surface area contributed by atoms with Crippen LogP contribution in [0.5, 0.6) is 5.75 Å². The largest absolute Gasteiger partial charge is 0.507 e. The standard InChI is InChI=1S/C30H39N7O3/c1-2-40-29(39)21-9-7-19(8-10-21)13-20-15-32-30(33-16-20)37-22-11-12-23(37)18-36(17-22)26-14-25(34-35-28(26)31)24-5-3-4-6-27(24)38/h3-6,14-16,19,21-23,34-35,38H,2,7-13,17-18,31H2,1H3. The van der Waals surface area contributed by atoms with Gasteiger partial charge in [0.05, 0.1) is 23.9 Å². The fraction of sp³-hybridized carbons (Fsp3) is 0.500. The summed E-state index contributed by atoms with van der Waals surface area (Å²) in [5, 5.41) is 10.3. The van der Waals surface area contributed by atoms with E-state index >= 15 is 0 Å². The first-order valence-corrected chi connectivity index (χ1v) is 14.5. The molecule has 212 valence electrons. The number of phenols is 1. The maximum atomic E-state index is 12.0. The molecule has 4 heterocycles. The first kappa shape index (κ1) is 26.3. The van der Waals surface area contributed by atoms with Gasteiger partial charge in [0, 0.05) is 43.1 Å². The maximum Gasteiger partial charge on any atom is 0.308 e. The SMILES string of the molecule is CCOC(=O)C1CCC(Cc2cnc(N3C4CCC3CN(C3=C(N)NNC(c5ccccc5O)=C3)C4)nc2)CC1. The van der Waals surface area contributed by atoms with Crippen LogP contribution in [-0.4, -0.2) is 57.7 Å². The lowest BCUT2D eigenvalue weighted by Crippen LogP contribution is -2.55. The molecule has 2 aromatic rings. The third kappa shape index (κ3) is 5.26. The summed E-state index contributed by atoms with van der Waals surface area (Å²) in [5.41, 5.74) is 16.2. The van der Waals surface area contributed by atoms with Crippen molar-refractivity contribution in [3.63, 3.8) is 0 Å². The number of likely N-dealkylation sites (tertiary alicyclic amines) is 1. The Labute approximate surface area is 235 Å². The third-order valence-corrected chi connectivity index (χ3v) is 8.82. The van der Waals surface area contributed by atoms with Crippen LogP contribution in [0.1, 0.15) is 56.6 Å². The number of ether oxygens (including phenoxy) is 1. The number of aromatic hydroxyl groups is 1. The summed E-state index contributed by atoms with van der Waals surface area (Å²) < 4.78 is 5.21. The van der Waals surface area contributed by atoms with Crippen LogP contribution in [0.3, 0.4) is 0 Å². The van der Waals surface area contributed by atoms with Gasteiger partial charge in [0.15, 0.2) is 0 Å². The van der Waals surface area contributed by atoms with Gasteiger partial charge in [0.25, 0.3) is 0 Å². The van der Waals surface area contributed by atoms with E-state index in [1.54, 1.807) is 6.07 Å². The fourth-order valence-corrected chi connectivity index (χ4v) is 6.77. The predicted molar refractivity (Wildman–Crippen MR) is 152 cm³/mol. The van der Waals surface area contributed by atoms with Gasteiger partial charge < -0.3 is 25.4 Å². The zero-order chi connectivity index (χ0) is 27.6. The van der Waals surface area contributed by atoms with E-state index in [0.29, 0.717) is 30.4 Å². The normalized spacial score (nSPS) is 26.2. The zero-order valence-electron chi connectivity index (χ0n) is 23.1. The lowest BCUT2D eigenvalue weighted by molar-refractivity contribution is -0.149. The molecule has 0 amide bonds. The number of anilines is 1. The summed E-state index contributed by atoms with van der Waals surface area (Å²) in [6.07, 6.45) is 13.0. The molecule has 1 aromatic heterocycles. The molecule has 1 aromatic carbocycles. The lowest BCUT2D eigenvalue weighted by Gasteiger charge is -2.43. The van der Waals surface area contributed by atoms with E-state index in [9.17, 15) is 9.90 Å². The van der Waals surface area contributed by atoms with Crippen molar-refractivity contribution < 1.29 is 14.6 Å². The van der Waals surface area contributed by atoms with Crippen LogP contribution in [0.2, 0.25) is 0 Å². The number of hydrogen-bond acceptors (Lipinski definition) is 10. The van der Waals surface area contributed by atoms with Crippen LogP contribution in [0.4, 0.5) is 5.95 Å². The monoisotopic (exact) mass is 545 g/mol. The van der Waals surface area contributed by atoms with Gasteiger partial charge in [-0.25, -0.2) is 9.97 Å². The Hall–Kier alpha value is -3.95. The van der Waals surface area contributed by atoms with E-state index in [0.717, 1.165) is 86.5 Å². The molecule has 5 N–H and O–H groups in total. The van der Waals surface area contributed by atoms with Crippen molar-refractivity contribution in [2.75, 3.05) is 24.6 Å². The number of para-hydroxylation sites is 1. The quantitative estimate of drug-likeness (QED) is 0.385. The molecule has 0 spiro atoms. The van der Waals surface area contributed by atoms with Crippen molar-refractivity contribution in [2.24, 2.45) is 17.6 Å². The minimum atomic E-state index is -0.0364. The number of rotatable bonds is 7. The number of hydrazine groups is 1. The number of carbonyl (C=O) groups is 1. The second-order valence-electron chi connectivity index (χ2n) is 11.4. The number of aromatic nitrogens is 2. The molecule has 4 aliphatic rings. The Bertz CT molecular complexity index is 1270. The Morgan fingerprint density at radius 1 is 1.05 bits per heavy atom. The van der Waals surface area contributed by atoms with E-state index in [-0.39, 0.29) is 17.6 Å². The molecule has 10 heteroatoms. The number of hydrogen-bond donors (Lipinski definition) is 4. The molecular weight excluding hydrogens is 506 g/mol. The summed E-state index contributed by atoms with van der Waals surface area (Å²) in [5.74, 6) is 2.18. The molecule has 2 atom stereocenters. The predicted octanol–water partition coefficient (Wildman–Crippen LogP) is 3.02. The number of fused-ring (bicyclic) bond motifs is 2. The van der Waals surface area contributed by atoms with Gasteiger partial charge in [-0.1, -0.05) is 12.1 Å². The van der Waals surface area contributed by atoms with Crippen molar-refractivity contribution in [3.05, 3.63) is 65.4 Å². The molecule has 2 saturated heterocycles. The smallest absolute Gasteiger partial charge is 0.308 e. The summed E-state index contributed by atoms with van der Waals surface area (Å²) in [6.45, 7) is 3.97. The van der Waals surface area contributed by atoms with Gasteiger partial charge in [-0.05, 0) is 81.6 Å². The van der Waals surface area contributed by atoms with Crippen LogP contribution < -0.4 is 21.5 Å². The number of nitrogens with zero attached hydrogens (tertiary/aromatic N) is 4. The average Bonchev–Trinajstić information content (AvgIpc) is 3.23. The van der Waals surface area contributed by atoms with Crippen LogP contribution >= 0.6 is 0 Å². The second kappa shape index (κ2) is 11.3. The maximum absolute atomic E-state index is 12.0. The summed E-state index contributed by atoms with van der Waals surface area (Å²) in [7, 11) is 0. The lowest BCUT2D eigenvalue weighted by atomic mass is 9.79. The Morgan fingerprint density at radius 2 is 1.75 bits per heavy atom. The molecule has 6 rings (SSSR count). The van der Waals surface area contributed by atoms with Gasteiger partial charge in [-0.2, -0.15) is 0 Å². The van der Waals surface area contributed by atoms with E-state index < -0.39 is 0 Å². The van der Waals surface area contributed by atoms with Crippen molar-refractivity contribution in [1.82, 2.24) is 25.7 Å². The molecule has 0 radical (unpaired) electrons. The first-order valence-electron chi connectivity index (χ1n) is 14.5. The Kier molecular flexibility index (Phi) is 7.40. The summed E-state index contributed by atoms with van der Waals surface area (Å²) in [6, 6.07) is 7.89. The van der Waals surface area contributed by atoms with Gasteiger partial charge in [0.1, 0.15) is 11.6 Å². The highest BCUT2D eigenvalue weighted by Gasteiger charge is 2.42. The molecule has 1 saturated carbocycles. The van der Waals surface area contributed by atoms with Crippen molar-refractivity contribution in [3.8, 4) is 5.75 Å². The highest BCUT2D eigenvalue weighted by Crippen LogP contribution is 2.36. The minimum absolute atomic E-state index is 0.0364. The number of carbonyl (C=O) groups excluding carboxylic acids is 1. The number of esters is 1. The highest BCUT2D eigenvalue weighted by atomic mass is 16.5. The topological polar surface area (TPSA) is 129 Å². The zero-order valence-corrected chi connectivity index (χ0v) is 23.1. The van der Waals surface area contributed by atoms with E-state index in [1.807, 2.05) is 43.6 Å². The van der Waals surface area contributed by atoms with E-state index in [1.165, 1.54) is 0 Å². The average molecular weight is 546 g/mol. The number of nitrogens with one attached hydrogen (secondary N) is 2. The first-order chi connectivity index (χ1) is 19.5. The van der Waals surface area contributed by atoms with Crippen LogP contribution in [-0.2, 0) is 16.0 Å². The van der Waals surface area contributed by atoms with Crippen LogP contribution in [0, 0.1) is 11.8 Å². The number of benzene rings is 1. The Morgan fingerprint density at radius 3 is 2.42 bits per heavy atom. The fourth-order valence-electron chi connectivity index (χ4n) is 6.77.